The molecule has 0 aliphatic rings. The van der Waals surface area contributed by atoms with E-state index in [-0.39, 0.29) is 305 Å². The van der Waals surface area contributed by atoms with Crippen molar-refractivity contribution in [3.63, 3.8) is 0 Å². The number of carboxylic acids is 8. The second-order valence-electron chi connectivity index (χ2n) is 29.6. The molecule has 6 amide bonds. The smallest absolute Gasteiger partial charge is 0.407 e. The number of ether oxygens (including phenoxy) is 15. The zero-order valence-corrected chi connectivity index (χ0v) is 73.3. The largest absolute Gasteiger partial charge is 0.481 e. The molecule has 0 aromatic heterocycles. The highest BCUT2D eigenvalue weighted by atomic mass is 16.6. The van der Waals surface area contributed by atoms with Crippen molar-refractivity contribution >= 4 is 116 Å². The van der Waals surface area contributed by atoms with Crippen LogP contribution in [0.15, 0.2) is 54.6 Å². The van der Waals surface area contributed by atoms with Gasteiger partial charge in [0.1, 0.15) is 24.8 Å². The number of carbonyl (C=O) groups excluding carboxylic acids is 8. The molecule has 0 saturated heterocycles. The lowest BCUT2D eigenvalue weighted by Gasteiger charge is -2.21. The summed E-state index contributed by atoms with van der Waals surface area (Å²) in [5.41, 5.74) is 6.10. The van der Waals surface area contributed by atoms with E-state index in [2.05, 4.69) is 32.7 Å². The Bertz CT molecular complexity index is 3750. The number of carboxylic acid groups (broad SMARTS) is 8. The summed E-state index contributed by atoms with van der Waals surface area (Å²) in [7, 11) is 0. The molecule has 0 radical (unpaired) electrons. The quantitative estimate of drug-likeness (QED) is 0.0284. The molecular weight excluding hydrogens is 1730 g/mol. The maximum Gasteiger partial charge on any atom is 0.407 e. The van der Waals surface area contributed by atoms with Crippen LogP contribution in [0.5, 0.6) is 0 Å². The van der Waals surface area contributed by atoms with Crippen molar-refractivity contribution in [2.75, 3.05) is 192 Å². The molecule has 4 unspecified atom stereocenters. The van der Waals surface area contributed by atoms with Gasteiger partial charge in [0, 0.05) is 87.6 Å². The summed E-state index contributed by atoms with van der Waals surface area (Å²) in [6.07, 6.45) is -3.37. The van der Waals surface area contributed by atoms with Crippen molar-refractivity contribution in [1.29, 1.82) is 0 Å². The van der Waals surface area contributed by atoms with E-state index in [1.54, 1.807) is 0 Å². The molecule has 3 aromatic rings. The van der Waals surface area contributed by atoms with Crippen LogP contribution in [0.2, 0.25) is 0 Å². The molecule has 3 rings (SSSR count). The number of nitrogens with one attached hydrogen (secondary N) is 5. The summed E-state index contributed by atoms with van der Waals surface area (Å²) >= 11 is 0. The number of amides is 6. The van der Waals surface area contributed by atoms with Crippen LogP contribution in [0.25, 0.3) is 21.5 Å². The molecule has 3 aromatic carbocycles. The van der Waals surface area contributed by atoms with E-state index in [9.17, 15) is 76.7 Å². The number of ketones is 2. The highest BCUT2D eigenvalue weighted by Gasteiger charge is 2.24. The number of Topliss-reactive ketones (excluding diaryl/α,β-unsaturated/α-hetero) is 2. The van der Waals surface area contributed by atoms with Crippen molar-refractivity contribution in [1.82, 2.24) is 26.6 Å². The minimum absolute atomic E-state index is 0.00735. The minimum atomic E-state index is -1.27. The van der Waals surface area contributed by atoms with Gasteiger partial charge < -0.3 is 144 Å². The van der Waals surface area contributed by atoms with E-state index in [4.69, 9.17) is 118 Å². The molecular formula is C85H128N6O39. The standard InChI is InChI=1S/C75H110N6O33.C10H18O6/c76-64(84)12-24-107-42-56(44-109-27-15-67(87)80-57(45-110-31-19-71(93)94)46-111-32-20-72(95)96)79-66(86)14-26-103-38-51(34-59(82)8-5-22-77-75(101)114-49-63-61-9-3-1-6-53(61)36-54-7-2-4-10-62(54)63)37-102-25-13-65(85)78-55(43-108-28-16-68(88)81-58(48-113-50-74(99)100)47-112-33-21-73(97)98)41-106-23-11-60(83)35-52(39-104-29-17-69(89)90)40-105-30-18-70(91)92;1-8(6-15-4-2-9(11)12)7-16-5-3-10(13)14/h1-4,6-7,9-10,36,51-52,55-58H,5,8,11-35,37-50H2,(H2,76,84)(H,77,101)(H,78,85)(H,79,86)(H,80,87)(H,81,88)(H,89,90)(H,91,92)(H,93,94)(H,95,96)(H,97,98)(H,99,100);8H,2-7H2,1H3,(H,11,12)(H,13,14). The molecule has 0 aliphatic heterocycles. The average molecular weight is 1860 g/mol. The van der Waals surface area contributed by atoms with Gasteiger partial charge in [-0.2, -0.15) is 0 Å². The number of hydrogen-bond acceptors (Lipinski definition) is 31. The topological polar surface area (TPSA) is 660 Å². The van der Waals surface area contributed by atoms with Crippen molar-refractivity contribution in [2.45, 2.75) is 147 Å². The number of fused-ring (bicyclic) bond motifs is 2. The van der Waals surface area contributed by atoms with Crippen molar-refractivity contribution in [2.24, 2.45) is 23.5 Å². The van der Waals surface area contributed by atoms with Crippen molar-refractivity contribution < 1.29 is 189 Å². The van der Waals surface area contributed by atoms with E-state index in [1.807, 2.05) is 55.5 Å². The third-order valence-corrected chi connectivity index (χ3v) is 17.8. The summed E-state index contributed by atoms with van der Waals surface area (Å²) in [5, 5.41) is 87.9. The molecule has 0 aliphatic carbocycles. The second kappa shape index (κ2) is 73.1. The van der Waals surface area contributed by atoms with Gasteiger partial charge in [-0.15, -0.1) is 0 Å². The molecule has 15 N–H and O–H groups in total. The Morgan fingerprint density at radius 3 is 0.892 bits per heavy atom. The number of aliphatic carboxylic acids is 8. The second-order valence-corrected chi connectivity index (χ2v) is 29.6. The molecule has 0 bridgehead atoms. The third-order valence-electron chi connectivity index (χ3n) is 17.8. The first-order valence-corrected chi connectivity index (χ1v) is 42.4. The summed E-state index contributed by atoms with van der Waals surface area (Å²) in [5.74, 6) is -13.0. The molecule has 0 heterocycles. The van der Waals surface area contributed by atoms with Crippen LogP contribution < -0.4 is 32.3 Å². The first kappa shape index (κ1) is 115. The normalized spacial score (nSPS) is 12.2. The maximum absolute atomic E-state index is 13.6. The van der Waals surface area contributed by atoms with E-state index >= 15 is 0 Å². The Labute approximate surface area is 750 Å². The van der Waals surface area contributed by atoms with Crippen molar-refractivity contribution in [3.05, 3.63) is 60.2 Å². The predicted octanol–water partition coefficient (Wildman–Crippen LogP) is 2.18. The predicted molar refractivity (Wildman–Crippen MR) is 454 cm³/mol. The molecule has 45 nitrogen and oxygen atoms in total. The first-order chi connectivity index (χ1) is 62.3. The fraction of sp³-hybridized carbons (Fsp3) is 0.647. The molecule has 45 heteroatoms. The van der Waals surface area contributed by atoms with Gasteiger partial charge in [-0.1, -0.05) is 55.5 Å². The van der Waals surface area contributed by atoms with Gasteiger partial charge in [0.25, 0.3) is 0 Å². The molecule has 732 valence electrons. The Morgan fingerprint density at radius 2 is 0.585 bits per heavy atom. The Kier molecular flexibility index (Phi) is 64.9. The maximum atomic E-state index is 13.6. The molecule has 0 spiro atoms. The highest BCUT2D eigenvalue weighted by molar-refractivity contribution is 6.02. The number of benzene rings is 3. The van der Waals surface area contributed by atoms with Crippen LogP contribution in [0, 0.1) is 17.8 Å². The number of hydrogen-bond donors (Lipinski definition) is 14. The van der Waals surface area contributed by atoms with Gasteiger partial charge in [-0.25, -0.2) is 9.59 Å². The fourth-order valence-electron chi connectivity index (χ4n) is 11.5. The van der Waals surface area contributed by atoms with Crippen LogP contribution in [-0.2, 0) is 150 Å². The van der Waals surface area contributed by atoms with E-state index in [1.165, 1.54) is 0 Å². The number of carbonyl (C=O) groups is 16. The van der Waals surface area contributed by atoms with Gasteiger partial charge in [0.2, 0.25) is 29.5 Å². The highest BCUT2D eigenvalue weighted by Crippen LogP contribution is 2.29. The van der Waals surface area contributed by atoms with Crippen LogP contribution in [0.4, 0.5) is 4.79 Å². The lowest BCUT2D eigenvalue weighted by atomic mass is 9.97. The van der Waals surface area contributed by atoms with E-state index in [0.717, 1.165) is 27.1 Å². The third kappa shape index (κ3) is 65.0. The molecule has 0 fully saturated rings. The summed E-state index contributed by atoms with van der Waals surface area (Å²) < 4.78 is 82.7. The van der Waals surface area contributed by atoms with E-state index < -0.39 is 126 Å². The van der Waals surface area contributed by atoms with Crippen LogP contribution >= 0.6 is 0 Å². The van der Waals surface area contributed by atoms with Crippen LogP contribution in [0.3, 0.4) is 0 Å². The number of nitrogens with two attached hydrogens (primary N) is 1. The number of primary amides is 1. The Morgan fingerprint density at radius 1 is 0.315 bits per heavy atom. The Balaban J connectivity index is 0.00000322. The monoisotopic (exact) mass is 1860 g/mol. The van der Waals surface area contributed by atoms with Crippen molar-refractivity contribution in [3.8, 4) is 0 Å². The Hall–Kier alpha value is -10.7. The molecule has 4 atom stereocenters. The summed E-state index contributed by atoms with van der Waals surface area (Å²) in [6.45, 7) is -1.24. The summed E-state index contributed by atoms with van der Waals surface area (Å²) in [4.78, 5) is 191. The first-order valence-electron chi connectivity index (χ1n) is 42.4. The summed E-state index contributed by atoms with van der Waals surface area (Å²) in [6, 6.07) is 14.2. The van der Waals surface area contributed by atoms with Crippen LogP contribution in [0.1, 0.15) is 122 Å². The number of rotatable bonds is 83. The van der Waals surface area contributed by atoms with E-state index in [0.29, 0.717) is 13.2 Å². The van der Waals surface area contributed by atoms with Gasteiger partial charge in [-0.3, -0.25) is 67.1 Å². The lowest BCUT2D eigenvalue weighted by molar-refractivity contribution is -0.143. The minimum Gasteiger partial charge on any atom is -0.481 e. The zero-order valence-electron chi connectivity index (χ0n) is 73.3. The van der Waals surface area contributed by atoms with Gasteiger partial charge >= 0.3 is 53.8 Å². The van der Waals surface area contributed by atoms with Gasteiger partial charge in [0.05, 0.1) is 247 Å². The molecule has 0 saturated carbocycles. The van der Waals surface area contributed by atoms with Gasteiger partial charge in [0.15, 0.2) is 0 Å². The average Bonchev–Trinajstić information content (AvgIpc) is 0.777. The fourth-order valence-corrected chi connectivity index (χ4v) is 11.5. The lowest BCUT2D eigenvalue weighted by Crippen LogP contribution is -2.43. The number of alkyl carbamates (subject to hydrolysis) is 1. The molecule has 130 heavy (non-hydrogen) atoms. The zero-order chi connectivity index (χ0) is 95.9. The van der Waals surface area contributed by atoms with Gasteiger partial charge in [-0.05, 0) is 34.0 Å². The van der Waals surface area contributed by atoms with Crippen LogP contribution in [-0.4, -0.2) is 352 Å². The SMILES string of the molecule is CC(COCCC(=O)O)COCCC(=O)O.NC(=O)CCOCC(COCCC(=O)NC(COCCC(=O)O)COCCC(=O)O)NC(=O)CCOCC(COCCC(=O)NC(COCCC(=O)CC(COCCC(=O)O)COCCC(=O)O)COCCC(=O)NC(COCCC(=O)O)COCC(=O)O)CC(=O)CCCNC(=O)OCc1c2ccccc2cc2ccccc12.